The molecule has 29 heavy (non-hydrogen) atoms. The number of nitrogens with one attached hydrogen (secondary N) is 1. The molecule has 3 aliphatic rings. The number of carbonyl (C=O) groups is 1. The van der Waals surface area contributed by atoms with Crippen LogP contribution in [-0.2, 0) is 9.53 Å². The monoisotopic (exact) mass is 390 g/mol. The summed E-state index contributed by atoms with van der Waals surface area (Å²) >= 11 is 0. The third-order valence-corrected chi connectivity index (χ3v) is 6.37. The lowest BCUT2D eigenvalue weighted by Gasteiger charge is -2.26. The second-order valence-electron chi connectivity index (χ2n) is 8.08. The zero-order valence-corrected chi connectivity index (χ0v) is 17.3. The van der Waals surface area contributed by atoms with Gasteiger partial charge in [-0.05, 0) is 55.5 Å². The van der Waals surface area contributed by atoms with Gasteiger partial charge in [-0.1, -0.05) is 48.6 Å². The lowest BCUT2D eigenvalue weighted by Crippen LogP contribution is -2.27. The maximum absolute atomic E-state index is 11.3. The van der Waals surface area contributed by atoms with Gasteiger partial charge in [-0.3, -0.25) is 4.90 Å². The average molecular weight is 391 g/mol. The number of rotatable bonds is 6. The van der Waals surface area contributed by atoms with Crippen molar-refractivity contribution in [3.63, 3.8) is 0 Å². The second kappa shape index (κ2) is 8.83. The summed E-state index contributed by atoms with van der Waals surface area (Å²) in [4.78, 5) is 13.9. The van der Waals surface area contributed by atoms with Crippen LogP contribution in [0, 0.1) is 5.92 Å². The van der Waals surface area contributed by atoms with E-state index in [-0.39, 0.29) is 5.97 Å². The van der Waals surface area contributed by atoms with E-state index in [1.165, 1.54) is 37.3 Å². The van der Waals surface area contributed by atoms with Crippen molar-refractivity contribution in [3.8, 4) is 0 Å². The van der Waals surface area contributed by atoms with Crippen molar-refractivity contribution in [1.29, 1.82) is 0 Å². The van der Waals surface area contributed by atoms with Gasteiger partial charge in [-0.15, -0.1) is 0 Å². The molecule has 3 unspecified atom stereocenters. The van der Waals surface area contributed by atoms with Gasteiger partial charge in [0.15, 0.2) is 0 Å². The molecule has 1 saturated heterocycles. The summed E-state index contributed by atoms with van der Waals surface area (Å²) in [5.74, 6) is 0.189. The van der Waals surface area contributed by atoms with E-state index in [0.717, 1.165) is 25.1 Å². The van der Waals surface area contributed by atoms with Gasteiger partial charge in [0, 0.05) is 30.3 Å². The lowest BCUT2D eigenvalue weighted by molar-refractivity contribution is -0.134. The first kappa shape index (κ1) is 19.7. The smallest absolute Gasteiger partial charge is 0.330 e. The topological polar surface area (TPSA) is 41.6 Å². The quantitative estimate of drug-likeness (QED) is 0.578. The van der Waals surface area contributed by atoms with E-state index in [1.807, 2.05) is 0 Å². The minimum Gasteiger partial charge on any atom is -0.466 e. The molecule has 1 aromatic carbocycles. The summed E-state index contributed by atoms with van der Waals surface area (Å²) in [7, 11) is 1.39. The van der Waals surface area contributed by atoms with Crippen molar-refractivity contribution < 1.29 is 9.53 Å². The predicted octanol–water partition coefficient (Wildman–Crippen LogP) is 4.39. The van der Waals surface area contributed by atoms with Crippen LogP contribution in [0.15, 0.2) is 65.9 Å². The molecule has 1 fully saturated rings. The molecule has 2 aliphatic heterocycles. The largest absolute Gasteiger partial charge is 0.466 e. The standard InChI is InChI=1S/C25H30N2O2/c1-18-21(22-6-3-4-7-23(22)26-18)15-17-27-16-5-8-24(27)20-12-9-19(10-13-20)11-14-25(28)29-2/h3-4,6-7,9-14,22-24,26H,5,8,15-17H2,1-2H3/b14-11+. The second-order valence-corrected chi connectivity index (χ2v) is 8.08. The Labute approximate surface area is 173 Å². The van der Waals surface area contributed by atoms with Gasteiger partial charge in [0.05, 0.1) is 13.2 Å². The molecule has 1 N–H and O–H groups in total. The van der Waals surface area contributed by atoms with Gasteiger partial charge >= 0.3 is 5.97 Å². The number of fused-ring (bicyclic) bond motifs is 1. The Balaban J connectivity index is 1.39. The normalized spacial score (nSPS) is 26.2. The van der Waals surface area contributed by atoms with Crippen LogP contribution in [0.25, 0.3) is 6.08 Å². The summed E-state index contributed by atoms with van der Waals surface area (Å²) in [6, 6.07) is 9.50. The van der Waals surface area contributed by atoms with Crippen LogP contribution in [0.3, 0.4) is 0 Å². The van der Waals surface area contributed by atoms with E-state index >= 15 is 0 Å². The maximum atomic E-state index is 11.3. The minimum absolute atomic E-state index is 0.326. The highest BCUT2D eigenvalue weighted by Gasteiger charge is 2.32. The highest BCUT2D eigenvalue weighted by atomic mass is 16.5. The first-order valence-electron chi connectivity index (χ1n) is 10.6. The number of carbonyl (C=O) groups excluding carboxylic acids is 1. The van der Waals surface area contributed by atoms with Crippen LogP contribution in [0.5, 0.6) is 0 Å². The van der Waals surface area contributed by atoms with Crippen LogP contribution >= 0.6 is 0 Å². The molecule has 3 atom stereocenters. The van der Waals surface area contributed by atoms with Crippen molar-refractivity contribution in [2.45, 2.75) is 38.3 Å². The van der Waals surface area contributed by atoms with Crippen molar-refractivity contribution in [1.82, 2.24) is 10.2 Å². The molecule has 1 aromatic rings. The Morgan fingerprint density at radius 1 is 1.24 bits per heavy atom. The van der Waals surface area contributed by atoms with E-state index < -0.39 is 0 Å². The number of nitrogens with zero attached hydrogens (tertiary/aromatic N) is 1. The first-order chi connectivity index (χ1) is 14.2. The fourth-order valence-electron chi connectivity index (χ4n) is 4.82. The molecular weight excluding hydrogens is 360 g/mol. The number of benzene rings is 1. The fourth-order valence-corrected chi connectivity index (χ4v) is 4.82. The van der Waals surface area contributed by atoms with E-state index in [4.69, 9.17) is 0 Å². The molecule has 4 nitrogen and oxygen atoms in total. The van der Waals surface area contributed by atoms with E-state index in [0.29, 0.717) is 18.0 Å². The third kappa shape index (κ3) is 4.38. The summed E-state index contributed by atoms with van der Waals surface area (Å²) < 4.78 is 4.65. The molecule has 152 valence electrons. The maximum Gasteiger partial charge on any atom is 0.330 e. The summed E-state index contributed by atoms with van der Waals surface area (Å²) in [6.07, 6.45) is 15.8. The Bertz CT molecular complexity index is 863. The fraction of sp³-hybridized carbons (Fsp3) is 0.400. The summed E-state index contributed by atoms with van der Waals surface area (Å²) in [5.41, 5.74) is 5.30. The molecule has 4 heteroatoms. The SMILES string of the molecule is COC(=O)/C=C/c1ccc(C2CCCN2CCC2=C(C)NC3C=CC=CC23)cc1. The highest BCUT2D eigenvalue weighted by molar-refractivity contribution is 5.86. The van der Waals surface area contributed by atoms with Crippen molar-refractivity contribution in [2.24, 2.45) is 5.92 Å². The Morgan fingerprint density at radius 3 is 2.83 bits per heavy atom. The van der Waals surface area contributed by atoms with Crippen LogP contribution in [0.2, 0.25) is 0 Å². The zero-order valence-electron chi connectivity index (χ0n) is 17.3. The first-order valence-corrected chi connectivity index (χ1v) is 10.6. The molecule has 0 spiro atoms. The van der Waals surface area contributed by atoms with Crippen molar-refractivity contribution >= 4 is 12.0 Å². The van der Waals surface area contributed by atoms with Crippen LogP contribution < -0.4 is 5.32 Å². The van der Waals surface area contributed by atoms with Crippen LogP contribution in [-0.4, -0.2) is 37.1 Å². The summed E-state index contributed by atoms with van der Waals surface area (Å²) in [5, 5.41) is 3.64. The Kier molecular flexibility index (Phi) is 6.00. The zero-order chi connectivity index (χ0) is 20.2. The number of likely N-dealkylation sites (tertiary alicyclic amines) is 1. The van der Waals surface area contributed by atoms with Gasteiger partial charge in [-0.25, -0.2) is 4.79 Å². The lowest BCUT2D eigenvalue weighted by atomic mass is 9.89. The highest BCUT2D eigenvalue weighted by Crippen LogP contribution is 2.36. The number of hydrogen-bond acceptors (Lipinski definition) is 4. The molecular formula is C25H30N2O2. The van der Waals surface area contributed by atoms with Crippen molar-refractivity contribution in [3.05, 3.63) is 77.0 Å². The molecule has 0 aromatic heterocycles. The Hall–Kier alpha value is -2.59. The number of ether oxygens (including phenoxy) is 1. The van der Waals surface area contributed by atoms with E-state index in [9.17, 15) is 4.79 Å². The van der Waals surface area contributed by atoms with E-state index in [1.54, 1.807) is 11.6 Å². The van der Waals surface area contributed by atoms with Gasteiger partial charge in [-0.2, -0.15) is 0 Å². The minimum atomic E-state index is -0.326. The molecule has 0 bridgehead atoms. The molecule has 0 saturated carbocycles. The summed E-state index contributed by atoms with van der Waals surface area (Å²) in [6.45, 7) is 4.49. The molecule has 0 radical (unpaired) electrons. The van der Waals surface area contributed by atoms with E-state index in [2.05, 4.69) is 70.4 Å². The van der Waals surface area contributed by atoms with Gasteiger partial charge in [0.2, 0.25) is 0 Å². The van der Waals surface area contributed by atoms with Crippen LogP contribution in [0.4, 0.5) is 0 Å². The van der Waals surface area contributed by atoms with Crippen molar-refractivity contribution in [2.75, 3.05) is 20.2 Å². The molecule has 0 amide bonds. The molecule has 4 rings (SSSR count). The Morgan fingerprint density at radius 2 is 2.03 bits per heavy atom. The number of hydrogen-bond donors (Lipinski definition) is 1. The number of esters is 1. The predicted molar refractivity (Wildman–Crippen MR) is 117 cm³/mol. The molecule has 1 aliphatic carbocycles. The molecule has 2 heterocycles. The third-order valence-electron chi connectivity index (χ3n) is 6.37. The van der Waals surface area contributed by atoms with Gasteiger partial charge in [0.25, 0.3) is 0 Å². The number of allylic oxidation sites excluding steroid dienone is 3. The van der Waals surface area contributed by atoms with Gasteiger partial charge in [0.1, 0.15) is 0 Å². The number of methoxy groups -OCH3 is 1. The van der Waals surface area contributed by atoms with Crippen LogP contribution in [0.1, 0.15) is 43.4 Å². The van der Waals surface area contributed by atoms with Gasteiger partial charge < -0.3 is 10.1 Å². The average Bonchev–Trinajstić information content (AvgIpc) is 3.34.